The summed E-state index contributed by atoms with van der Waals surface area (Å²) in [7, 11) is 0. The smallest absolute Gasteiger partial charge is 0.237 e. The third kappa shape index (κ3) is 3.59. The fourth-order valence-electron chi connectivity index (χ4n) is 4.36. The number of nitrogens with one attached hydrogen (secondary N) is 1. The van der Waals surface area contributed by atoms with Gasteiger partial charge in [-0.15, -0.1) is 0 Å². The van der Waals surface area contributed by atoms with Crippen LogP contribution < -0.4 is 11.1 Å². The van der Waals surface area contributed by atoms with Gasteiger partial charge in [0, 0.05) is 12.1 Å². The molecule has 1 aliphatic heterocycles. The Bertz CT molecular complexity index is 382. The molecule has 120 valence electrons. The fourth-order valence-corrected chi connectivity index (χ4v) is 4.36. The van der Waals surface area contributed by atoms with Crippen LogP contribution in [0.1, 0.15) is 64.7 Å². The average molecular weight is 293 g/mol. The van der Waals surface area contributed by atoms with E-state index in [1.165, 1.54) is 51.5 Å². The van der Waals surface area contributed by atoms with E-state index in [0.717, 1.165) is 31.3 Å². The number of hydrogen-bond donors (Lipinski definition) is 2. The van der Waals surface area contributed by atoms with Crippen molar-refractivity contribution in [2.24, 2.45) is 11.7 Å². The summed E-state index contributed by atoms with van der Waals surface area (Å²) in [6.07, 6.45) is 11.4. The topological polar surface area (TPSA) is 58.4 Å². The Kier molecular flexibility index (Phi) is 4.55. The highest BCUT2D eigenvalue weighted by atomic mass is 16.1. The van der Waals surface area contributed by atoms with Crippen molar-refractivity contribution in [3.63, 3.8) is 0 Å². The van der Waals surface area contributed by atoms with Gasteiger partial charge >= 0.3 is 0 Å². The van der Waals surface area contributed by atoms with Gasteiger partial charge in [0.05, 0.1) is 5.54 Å². The van der Waals surface area contributed by atoms with Crippen LogP contribution in [-0.4, -0.2) is 41.5 Å². The lowest BCUT2D eigenvalue weighted by Gasteiger charge is -2.33. The lowest BCUT2D eigenvalue weighted by molar-refractivity contribution is -0.124. The molecule has 2 saturated carbocycles. The summed E-state index contributed by atoms with van der Waals surface area (Å²) in [4.78, 5) is 14.5. The zero-order valence-electron chi connectivity index (χ0n) is 13.4. The third-order valence-corrected chi connectivity index (χ3v) is 5.89. The highest BCUT2D eigenvalue weighted by Crippen LogP contribution is 2.36. The zero-order valence-corrected chi connectivity index (χ0v) is 13.4. The van der Waals surface area contributed by atoms with Gasteiger partial charge in [-0.1, -0.05) is 12.8 Å². The van der Waals surface area contributed by atoms with E-state index in [2.05, 4.69) is 10.2 Å². The van der Waals surface area contributed by atoms with Gasteiger partial charge in [0.15, 0.2) is 0 Å². The summed E-state index contributed by atoms with van der Waals surface area (Å²) in [5, 5.41) is 3.46. The molecule has 1 amide bonds. The van der Waals surface area contributed by atoms with Crippen LogP contribution in [0.2, 0.25) is 0 Å². The molecule has 0 radical (unpaired) electrons. The van der Waals surface area contributed by atoms with Crippen molar-refractivity contribution >= 4 is 5.91 Å². The molecular formula is C17H31N3O. The maximum atomic E-state index is 11.8. The SMILES string of the molecule is CC(CCCN1CCC2CCCCC21)(NC1CC1)C(N)=O. The van der Waals surface area contributed by atoms with Gasteiger partial charge in [0.1, 0.15) is 0 Å². The Labute approximate surface area is 128 Å². The van der Waals surface area contributed by atoms with Gasteiger partial charge in [0.2, 0.25) is 5.91 Å². The Morgan fingerprint density at radius 1 is 1.24 bits per heavy atom. The summed E-state index contributed by atoms with van der Waals surface area (Å²) < 4.78 is 0. The van der Waals surface area contributed by atoms with Crippen molar-refractivity contribution in [2.75, 3.05) is 13.1 Å². The number of rotatable bonds is 7. The van der Waals surface area contributed by atoms with Crippen LogP contribution in [0.5, 0.6) is 0 Å². The Hall–Kier alpha value is -0.610. The summed E-state index contributed by atoms with van der Waals surface area (Å²) in [6, 6.07) is 1.35. The van der Waals surface area contributed by atoms with Crippen LogP contribution in [-0.2, 0) is 4.79 Å². The monoisotopic (exact) mass is 293 g/mol. The minimum Gasteiger partial charge on any atom is -0.368 e. The molecule has 4 heteroatoms. The average Bonchev–Trinajstić information content (AvgIpc) is 3.17. The molecule has 0 aromatic carbocycles. The molecule has 2 aliphatic carbocycles. The van der Waals surface area contributed by atoms with Crippen molar-refractivity contribution in [3.8, 4) is 0 Å². The predicted molar refractivity (Wildman–Crippen MR) is 84.9 cm³/mol. The van der Waals surface area contributed by atoms with Crippen LogP contribution >= 0.6 is 0 Å². The van der Waals surface area contributed by atoms with E-state index in [4.69, 9.17) is 5.73 Å². The van der Waals surface area contributed by atoms with Gasteiger partial charge in [-0.25, -0.2) is 0 Å². The van der Waals surface area contributed by atoms with Crippen molar-refractivity contribution in [2.45, 2.75) is 82.3 Å². The molecule has 21 heavy (non-hydrogen) atoms. The van der Waals surface area contributed by atoms with Gasteiger partial charge in [-0.3, -0.25) is 4.79 Å². The molecule has 0 aromatic rings. The number of amides is 1. The molecule has 3 N–H and O–H groups in total. The molecule has 4 nitrogen and oxygen atoms in total. The standard InChI is InChI=1S/C17H31N3O/c1-17(16(18)21,19-14-7-8-14)10-4-11-20-12-9-13-5-2-3-6-15(13)20/h13-15,19H,2-12H2,1H3,(H2,18,21). The van der Waals surface area contributed by atoms with Gasteiger partial charge < -0.3 is 16.0 Å². The highest BCUT2D eigenvalue weighted by Gasteiger charge is 2.38. The summed E-state index contributed by atoms with van der Waals surface area (Å²) >= 11 is 0. The largest absolute Gasteiger partial charge is 0.368 e. The van der Waals surface area contributed by atoms with Crippen molar-refractivity contribution in [1.29, 1.82) is 0 Å². The van der Waals surface area contributed by atoms with Gasteiger partial charge in [0.25, 0.3) is 0 Å². The lowest BCUT2D eigenvalue weighted by atomic mass is 9.85. The summed E-state index contributed by atoms with van der Waals surface area (Å²) in [6.45, 7) is 4.39. The molecule has 1 saturated heterocycles. The number of hydrogen-bond acceptors (Lipinski definition) is 3. The lowest BCUT2D eigenvalue weighted by Crippen LogP contribution is -2.54. The first-order valence-electron chi connectivity index (χ1n) is 8.90. The van der Waals surface area contributed by atoms with Crippen LogP contribution in [0.3, 0.4) is 0 Å². The Morgan fingerprint density at radius 3 is 2.71 bits per heavy atom. The molecular weight excluding hydrogens is 262 g/mol. The summed E-state index contributed by atoms with van der Waals surface area (Å²) in [5.74, 6) is 0.761. The van der Waals surface area contributed by atoms with Crippen LogP contribution in [0.25, 0.3) is 0 Å². The molecule has 1 heterocycles. The van der Waals surface area contributed by atoms with E-state index < -0.39 is 5.54 Å². The minimum absolute atomic E-state index is 0.189. The van der Waals surface area contributed by atoms with E-state index in [0.29, 0.717) is 6.04 Å². The zero-order chi connectivity index (χ0) is 14.9. The quantitative estimate of drug-likeness (QED) is 0.755. The van der Waals surface area contributed by atoms with E-state index in [9.17, 15) is 4.79 Å². The maximum Gasteiger partial charge on any atom is 0.237 e. The molecule has 3 aliphatic rings. The molecule has 0 bridgehead atoms. The number of likely N-dealkylation sites (tertiary alicyclic amines) is 1. The van der Waals surface area contributed by atoms with E-state index in [-0.39, 0.29) is 5.91 Å². The van der Waals surface area contributed by atoms with E-state index in [1.54, 1.807) is 0 Å². The summed E-state index contributed by atoms with van der Waals surface area (Å²) in [5.41, 5.74) is 5.13. The number of primary amides is 1. The van der Waals surface area contributed by atoms with Gasteiger partial charge in [-0.05, 0) is 70.9 Å². The predicted octanol–water partition coefficient (Wildman–Crippen LogP) is 2.03. The first kappa shape index (κ1) is 15.3. The second kappa shape index (κ2) is 6.25. The first-order chi connectivity index (χ1) is 10.1. The normalized spacial score (nSPS) is 32.6. The number of carbonyl (C=O) groups excluding carboxylic acids is 1. The second-order valence-electron chi connectivity index (χ2n) is 7.66. The van der Waals surface area contributed by atoms with E-state index >= 15 is 0 Å². The Balaban J connectivity index is 1.47. The number of nitrogens with zero attached hydrogens (tertiary/aromatic N) is 1. The van der Waals surface area contributed by atoms with Crippen molar-refractivity contribution in [1.82, 2.24) is 10.2 Å². The minimum atomic E-state index is -0.507. The molecule has 0 spiro atoms. The maximum absolute atomic E-state index is 11.8. The van der Waals surface area contributed by atoms with E-state index in [1.807, 2.05) is 6.92 Å². The first-order valence-corrected chi connectivity index (χ1v) is 8.90. The Morgan fingerprint density at radius 2 is 2.00 bits per heavy atom. The van der Waals surface area contributed by atoms with Crippen LogP contribution in [0.15, 0.2) is 0 Å². The molecule has 3 atom stereocenters. The molecule has 3 rings (SSSR count). The van der Waals surface area contributed by atoms with Crippen LogP contribution in [0, 0.1) is 5.92 Å². The molecule has 0 aromatic heterocycles. The van der Waals surface area contributed by atoms with Crippen molar-refractivity contribution < 1.29 is 4.79 Å². The number of nitrogens with two attached hydrogens (primary N) is 1. The fraction of sp³-hybridized carbons (Fsp3) is 0.941. The molecule has 3 fully saturated rings. The van der Waals surface area contributed by atoms with Crippen LogP contribution in [0.4, 0.5) is 0 Å². The number of fused-ring (bicyclic) bond motifs is 1. The number of carbonyl (C=O) groups is 1. The third-order valence-electron chi connectivity index (χ3n) is 5.89. The highest BCUT2D eigenvalue weighted by molar-refractivity contribution is 5.84. The van der Waals surface area contributed by atoms with Gasteiger partial charge in [-0.2, -0.15) is 0 Å². The molecule has 3 unspecified atom stereocenters. The second-order valence-corrected chi connectivity index (χ2v) is 7.66. The van der Waals surface area contributed by atoms with Crippen molar-refractivity contribution in [3.05, 3.63) is 0 Å².